The van der Waals surface area contributed by atoms with Crippen LogP contribution >= 0.6 is 11.6 Å². The molecule has 1 aromatic heterocycles. The number of rotatable bonds is 1. The Morgan fingerprint density at radius 2 is 2.13 bits per heavy atom. The van der Waals surface area contributed by atoms with E-state index in [1.54, 1.807) is 23.2 Å². The standard InChI is InChI=1S/C16H14ClFN4O/c1-9-7-10-3-2-4-12(18)15(10)22-14(9)16(23)21(20-22)11-5-6-13(17)19-8-11/h2-6,8-9,20,23H,7H2,1H3. The molecule has 0 saturated carbocycles. The first kappa shape index (κ1) is 14.3. The molecule has 0 radical (unpaired) electrons. The summed E-state index contributed by atoms with van der Waals surface area (Å²) in [5, 5.41) is 14.0. The number of pyridine rings is 1. The molecule has 0 spiro atoms. The number of nitrogens with zero attached hydrogens (tertiary/aromatic N) is 3. The number of nitrogens with one attached hydrogen (secondary N) is 1. The molecule has 3 heterocycles. The van der Waals surface area contributed by atoms with Crippen LogP contribution in [0.5, 0.6) is 0 Å². The lowest BCUT2D eigenvalue weighted by atomic mass is 9.92. The van der Waals surface area contributed by atoms with Crippen LogP contribution in [0.1, 0.15) is 12.5 Å². The number of aliphatic hydroxyl groups excluding tert-OH is 1. The summed E-state index contributed by atoms with van der Waals surface area (Å²) in [6, 6.07) is 8.37. The quantitative estimate of drug-likeness (QED) is 0.782. The molecule has 2 aliphatic heterocycles. The summed E-state index contributed by atoms with van der Waals surface area (Å²) >= 11 is 5.80. The van der Waals surface area contributed by atoms with E-state index in [0.29, 0.717) is 28.6 Å². The zero-order valence-corrected chi connectivity index (χ0v) is 13.0. The monoisotopic (exact) mass is 332 g/mol. The predicted octanol–water partition coefficient (Wildman–Crippen LogP) is 3.54. The third kappa shape index (κ3) is 2.14. The van der Waals surface area contributed by atoms with Gasteiger partial charge in [-0.3, -0.25) is 5.01 Å². The Kier molecular flexibility index (Phi) is 3.18. The summed E-state index contributed by atoms with van der Waals surface area (Å²) in [6.45, 7) is 2.00. The molecule has 4 rings (SSSR count). The SMILES string of the molecule is CC1Cc2cccc(F)c2N2NN(c3ccc(Cl)nc3)C(O)=C12. The normalized spacial score (nSPS) is 19.9. The van der Waals surface area contributed by atoms with Gasteiger partial charge in [-0.05, 0) is 30.2 Å². The fraction of sp³-hybridized carbons (Fsp3) is 0.188. The molecular weight excluding hydrogens is 319 g/mol. The Morgan fingerprint density at radius 1 is 1.30 bits per heavy atom. The highest BCUT2D eigenvalue weighted by atomic mass is 35.5. The smallest absolute Gasteiger partial charge is 0.230 e. The van der Waals surface area contributed by atoms with Crippen LogP contribution in [-0.2, 0) is 6.42 Å². The van der Waals surface area contributed by atoms with E-state index in [9.17, 15) is 9.50 Å². The maximum absolute atomic E-state index is 14.3. The predicted molar refractivity (Wildman–Crippen MR) is 86.3 cm³/mol. The number of anilines is 2. The molecule has 5 nitrogen and oxygen atoms in total. The average Bonchev–Trinajstić information content (AvgIpc) is 2.86. The van der Waals surface area contributed by atoms with Crippen LogP contribution in [0.15, 0.2) is 48.1 Å². The highest BCUT2D eigenvalue weighted by Gasteiger charge is 2.39. The van der Waals surface area contributed by atoms with E-state index in [-0.39, 0.29) is 17.6 Å². The van der Waals surface area contributed by atoms with Crippen LogP contribution in [0.4, 0.5) is 15.8 Å². The van der Waals surface area contributed by atoms with E-state index in [2.05, 4.69) is 10.5 Å². The molecule has 23 heavy (non-hydrogen) atoms. The molecule has 0 bridgehead atoms. The summed E-state index contributed by atoms with van der Waals surface area (Å²) < 4.78 is 14.3. The van der Waals surface area contributed by atoms with Gasteiger partial charge in [0, 0.05) is 5.92 Å². The average molecular weight is 333 g/mol. The second kappa shape index (κ2) is 5.11. The summed E-state index contributed by atoms with van der Waals surface area (Å²) in [5.74, 6) is -0.249. The third-order valence-corrected chi connectivity index (χ3v) is 4.36. The van der Waals surface area contributed by atoms with Gasteiger partial charge >= 0.3 is 0 Å². The molecule has 1 atom stereocenters. The molecule has 1 aromatic carbocycles. The van der Waals surface area contributed by atoms with Crippen molar-refractivity contribution in [3.63, 3.8) is 0 Å². The van der Waals surface area contributed by atoms with Gasteiger partial charge in [0.2, 0.25) is 5.88 Å². The van der Waals surface area contributed by atoms with E-state index in [1.807, 2.05) is 13.0 Å². The maximum Gasteiger partial charge on any atom is 0.230 e. The molecule has 0 saturated heterocycles. The molecule has 2 aromatic rings. The second-order valence-corrected chi connectivity index (χ2v) is 6.06. The summed E-state index contributed by atoms with van der Waals surface area (Å²) in [5.41, 5.74) is 5.61. The van der Waals surface area contributed by atoms with Gasteiger partial charge in [-0.25, -0.2) is 14.4 Å². The van der Waals surface area contributed by atoms with Crippen molar-refractivity contribution < 1.29 is 9.50 Å². The largest absolute Gasteiger partial charge is 0.492 e. The van der Waals surface area contributed by atoms with Crippen LogP contribution < -0.4 is 15.6 Å². The van der Waals surface area contributed by atoms with Gasteiger partial charge in [0.15, 0.2) is 0 Å². The van der Waals surface area contributed by atoms with Crippen molar-refractivity contribution in [2.75, 3.05) is 10.0 Å². The third-order valence-electron chi connectivity index (χ3n) is 4.14. The zero-order valence-electron chi connectivity index (χ0n) is 12.3. The Balaban J connectivity index is 1.81. The fourth-order valence-corrected chi connectivity index (χ4v) is 3.22. The van der Waals surface area contributed by atoms with Crippen LogP contribution in [0.2, 0.25) is 5.15 Å². The van der Waals surface area contributed by atoms with Gasteiger partial charge in [0.05, 0.1) is 17.6 Å². The Morgan fingerprint density at radius 3 is 2.87 bits per heavy atom. The van der Waals surface area contributed by atoms with Crippen LogP contribution in [0, 0.1) is 11.7 Å². The van der Waals surface area contributed by atoms with Crippen molar-refractivity contribution in [1.82, 2.24) is 10.5 Å². The lowest BCUT2D eigenvalue weighted by Gasteiger charge is -2.32. The molecule has 7 heteroatoms. The van der Waals surface area contributed by atoms with Crippen molar-refractivity contribution in [2.45, 2.75) is 13.3 Å². The van der Waals surface area contributed by atoms with Crippen molar-refractivity contribution in [3.05, 3.63) is 64.6 Å². The first-order chi connectivity index (χ1) is 11.1. The molecule has 0 aliphatic carbocycles. The number of aromatic nitrogens is 1. The number of halogens is 2. The fourth-order valence-electron chi connectivity index (χ4n) is 3.11. The van der Waals surface area contributed by atoms with Crippen molar-refractivity contribution in [3.8, 4) is 0 Å². The van der Waals surface area contributed by atoms with Crippen molar-refractivity contribution >= 4 is 23.0 Å². The topological polar surface area (TPSA) is 51.6 Å². The molecule has 1 unspecified atom stereocenters. The summed E-state index contributed by atoms with van der Waals surface area (Å²) in [4.78, 5) is 4.01. The number of hydrazine groups is 2. The van der Waals surface area contributed by atoms with Crippen molar-refractivity contribution in [2.24, 2.45) is 5.92 Å². The van der Waals surface area contributed by atoms with E-state index in [0.717, 1.165) is 5.56 Å². The first-order valence-electron chi connectivity index (χ1n) is 7.25. The minimum absolute atomic E-state index is 0.0375. The number of hydrogen-bond donors (Lipinski definition) is 2. The van der Waals surface area contributed by atoms with E-state index in [1.165, 1.54) is 17.3 Å². The number of para-hydroxylation sites is 1. The first-order valence-corrected chi connectivity index (χ1v) is 7.62. The molecule has 2 aliphatic rings. The Labute approximate surface area is 137 Å². The van der Waals surface area contributed by atoms with E-state index >= 15 is 0 Å². The van der Waals surface area contributed by atoms with E-state index in [4.69, 9.17) is 11.6 Å². The number of allylic oxidation sites excluding steroid dienone is 1. The van der Waals surface area contributed by atoms with Crippen LogP contribution in [0.3, 0.4) is 0 Å². The Hall–Kier alpha value is -2.31. The van der Waals surface area contributed by atoms with Gasteiger partial charge < -0.3 is 5.11 Å². The number of hydrogen-bond acceptors (Lipinski definition) is 5. The molecular formula is C16H14ClFN4O. The van der Waals surface area contributed by atoms with Crippen LogP contribution in [0.25, 0.3) is 0 Å². The highest BCUT2D eigenvalue weighted by molar-refractivity contribution is 6.29. The molecule has 0 amide bonds. The zero-order chi connectivity index (χ0) is 16.1. The molecule has 2 N–H and O–H groups in total. The lowest BCUT2D eigenvalue weighted by molar-refractivity contribution is 0.382. The second-order valence-electron chi connectivity index (χ2n) is 5.67. The summed E-state index contributed by atoms with van der Waals surface area (Å²) in [6.07, 6.45) is 2.20. The highest BCUT2D eigenvalue weighted by Crippen LogP contribution is 2.41. The van der Waals surface area contributed by atoms with E-state index < -0.39 is 0 Å². The molecule has 118 valence electrons. The van der Waals surface area contributed by atoms with Crippen LogP contribution in [-0.4, -0.2) is 10.1 Å². The van der Waals surface area contributed by atoms with Gasteiger partial charge in [-0.15, -0.1) is 5.53 Å². The number of aliphatic hydroxyl groups is 1. The van der Waals surface area contributed by atoms with Gasteiger partial charge in [-0.2, -0.15) is 0 Å². The van der Waals surface area contributed by atoms with Gasteiger partial charge in [0.25, 0.3) is 0 Å². The minimum Gasteiger partial charge on any atom is -0.492 e. The minimum atomic E-state index is -0.330. The van der Waals surface area contributed by atoms with Crippen molar-refractivity contribution in [1.29, 1.82) is 0 Å². The number of fused-ring (bicyclic) bond motifs is 3. The Bertz CT molecular complexity index is 808. The maximum atomic E-state index is 14.3. The van der Waals surface area contributed by atoms with Gasteiger partial charge in [-0.1, -0.05) is 30.7 Å². The van der Waals surface area contributed by atoms with Gasteiger partial charge in [0.1, 0.15) is 16.7 Å². The molecule has 0 fully saturated rings. The summed E-state index contributed by atoms with van der Waals surface area (Å²) in [7, 11) is 0. The lowest BCUT2D eigenvalue weighted by Crippen LogP contribution is -2.44. The number of benzene rings is 1.